The maximum absolute atomic E-state index is 13.2. The van der Waals surface area contributed by atoms with Gasteiger partial charge in [-0.2, -0.15) is 0 Å². The van der Waals surface area contributed by atoms with Gasteiger partial charge in [0.05, 0.1) is 20.8 Å². The topological polar surface area (TPSA) is 68.2 Å². The summed E-state index contributed by atoms with van der Waals surface area (Å²) in [5.41, 5.74) is 0. The molecule has 1 aliphatic heterocycles. The number of nitrogens with zero attached hydrogens (tertiary/aromatic N) is 1. The zero-order chi connectivity index (χ0) is 16.1. The predicted molar refractivity (Wildman–Crippen MR) is 76.4 cm³/mol. The number of ether oxygens (including phenoxy) is 3. The lowest BCUT2D eigenvalue weighted by Crippen LogP contribution is -2.50. The molecular weight excluding hydrogens is 293 g/mol. The van der Waals surface area contributed by atoms with Gasteiger partial charge in [0.25, 0.3) is 0 Å². The fourth-order valence-electron chi connectivity index (χ4n) is 2.41. The minimum atomic E-state index is -0.756. The van der Waals surface area contributed by atoms with Crippen molar-refractivity contribution in [1.82, 2.24) is 4.90 Å². The number of halogens is 1. The summed E-state index contributed by atoms with van der Waals surface area (Å²) in [6.45, 7) is 1.05. The number of benzene rings is 1. The molecule has 1 aromatic carbocycles. The van der Waals surface area contributed by atoms with Crippen LogP contribution in [-0.4, -0.2) is 62.0 Å². The van der Waals surface area contributed by atoms with E-state index in [0.29, 0.717) is 25.3 Å². The van der Waals surface area contributed by atoms with Gasteiger partial charge in [0, 0.05) is 19.2 Å². The molecule has 122 valence electrons. The summed E-state index contributed by atoms with van der Waals surface area (Å²) in [4.78, 5) is 13.0. The van der Waals surface area contributed by atoms with Crippen LogP contribution in [0.4, 0.5) is 4.39 Å². The molecule has 0 aliphatic carbocycles. The van der Waals surface area contributed by atoms with Gasteiger partial charge in [-0.15, -0.1) is 0 Å². The van der Waals surface area contributed by atoms with Crippen molar-refractivity contribution >= 4 is 5.97 Å². The van der Waals surface area contributed by atoms with Crippen LogP contribution in [0, 0.1) is 5.82 Å². The summed E-state index contributed by atoms with van der Waals surface area (Å²) in [6, 6.07) is 3.98. The molecule has 0 amide bonds. The summed E-state index contributed by atoms with van der Waals surface area (Å²) >= 11 is 0. The summed E-state index contributed by atoms with van der Waals surface area (Å²) in [5.74, 6) is -0.0945. The van der Waals surface area contributed by atoms with E-state index in [2.05, 4.69) is 4.74 Å². The maximum atomic E-state index is 13.2. The van der Waals surface area contributed by atoms with Crippen LogP contribution >= 0.6 is 0 Å². The molecule has 1 aliphatic rings. The van der Waals surface area contributed by atoms with Crippen LogP contribution in [0.25, 0.3) is 0 Å². The van der Waals surface area contributed by atoms with Crippen LogP contribution in [0.15, 0.2) is 18.2 Å². The first-order valence-electron chi connectivity index (χ1n) is 7.01. The van der Waals surface area contributed by atoms with E-state index < -0.39 is 18.0 Å². The number of hydrogen-bond acceptors (Lipinski definition) is 6. The van der Waals surface area contributed by atoms with Crippen molar-refractivity contribution in [2.45, 2.75) is 18.6 Å². The Hall–Kier alpha value is -1.86. The van der Waals surface area contributed by atoms with E-state index in [1.54, 1.807) is 4.90 Å². The number of aliphatic hydroxyl groups excluding tert-OH is 1. The molecule has 2 atom stereocenters. The summed E-state index contributed by atoms with van der Waals surface area (Å²) in [7, 11) is 2.76. The third-order valence-electron chi connectivity index (χ3n) is 3.59. The lowest BCUT2D eigenvalue weighted by atomic mass is 10.0. The number of rotatable bonds is 5. The highest BCUT2D eigenvalue weighted by molar-refractivity contribution is 5.71. The second-order valence-electron chi connectivity index (χ2n) is 5.12. The number of β-amino-alcohol motifs (C(OH)–C–C–N with tert-alkyl or cyclic N) is 1. The fraction of sp³-hybridized carbons (Fsp3) is 0.533. The second kappa shape index (κ2) is 7.42. The van der Waals surface area contributed by atoms with Crippen molar-refractivity contribution in [3.8, 4) is 11.5 Å². The smallest absolute Gasteiger partial charge is 0.319 e. The number of piperidine rings is 1. The number of carbonyl (C=O) groups is 1. The largest absolute Gasteiger partial charge is 0.493 e. The lowest BCUT2D eigenvalue weighted by Gasteiger charge is -2.35. The van der Waals surface area contributed by atoms with E-state index in [9.17, 15) is 14.3 Å². The van der Waals surface area contributed by atoms with Crippen molar-refractivity contribution in [2.24, 2.45) is 0 Å². The van der Waals surface area contributed by atoms with Crippen LogP contribution in [0.2, 0.25) is 0 Å². The molecular formula is C15H20FNO5. The normalized spacial score (nSPS) is 22.2. The first-order chi connectivity index (χ1) is 10.5. The van der Waals surface area contributed by atoms with E-state index in [-0.39, 0.29) is 18.3 Å². The Kier molecular flexibility index (Phi) is 5.57. The van der Waals surface area contributed by atoms with Gasteiger partial charge < -0.3 is 19.3 Å². The molecule has 0 unspecified atom stereocenters. The molecule has 0 saturated carbocycles. The van der Waals surface area contributed by atoms with Gasteiger partial charge >= 0.3 is 5.97 Å². The summed E-state index contributed by atoms with van der Waals surface area (Å²) in [5, 5.41) is 10.2. The van der Waals surface area contributed by atoms with Crippen LogP contribution in [0.1, 0.15) is 6.42 Å². The van der Waals surface area contributed by atoms with Crippen LogP contribution < -0.4 is 9.47 Å². The highest BCUT2D eigenvalue weighted by Gasteiger charge is 2.30. The highest BCUT2D eigenvalue weighted by Crippen LogP contribution is 2.30. The Morgan fingerprint density at radius 3 is 2.82 bits per heavy atom. The molecule has 1 N–H and O–H groups in total. The summed E-state index contributed by atoms with van der Waals surface area (Å²) in [6.07, 6.45) is -0.653. The van der Waals surface area contributed by atoms with Crippen LogP contribution in [-0.2, 0) is 9.53 Å². The number of aliphatic hydroxyl groups is 1. The Balaban J connectivity index is 1.96. The Labute approximate surface area is 128 Å². The van der Waals surface area contributed by atoms with E-state index in [1.807, 2.05) is 0 Å². The minimum Gasteiger partial charge on any atom is -0.493 e. The third kappa shape index (κ3) is 4.08. The molecule has 0 aromatic heterocycles. The number of carbonyl (C=O) groups excluding carboxylic acids is 1. The van der Waals surface area contributed by atoms with E-state index >= 15 is 0 Å². The summed E-state index contributed by atoms with van der Waals surface area (Å²) < 4.78 is 28.6. The van der Waals surface area contributed by atoms with Gasteiger partial charge in [-0.1, -0.05) is 0 Å². The van der Waals surface area contributed by atoms with E-state index in [1.165, 1.54) is 32.4 Å². The van der Waals surface area contributed by atoms with Crippen molar-refractivity contribution in [3.05, 3.63) is 24.0 Å². The van der Waals surface area contributed by atoms with Crippen molar-refractivity contribution in [2.75, 3.05) is 33.9 Å². The molecule has 1 saturated heterocycles. The average Bonchev–Trinajstić information content (AvgIpc) is 2.51. The first-order valence-corrected chi connectivity index (χ1v) is 7.01. The number of hydrogen-bond donors (Lipinski definition) is 1. The zero-order valence-corrected chi connectivity index (χ0v) is 12.6. The molecule has 1 fully saturated rings. The quantitative estimate of drug-likeness (QED) is 0.812. The minimum absolute atomic E-state index is 0.139. The van der Waals surface area contributed by atoms with Crippen molar-refractivity contribution < 1.29 is 28.5 Å². The predicted octanol–water partition coefficient (Wildman–Crippen LogP) is 0.821. The van der Waals surface area contributed by atoms with Crippen molar-refractivity contribution in [1.29, 1.82) is 0 Å². The second-order valence-corrected chi connectivity index (χ2v) is 5.12. The molecule has 6 nitrogen and oxygen atoms in total. The molecule has 1 heterocycles. The van der Waals surface area contributed by atoms with E-state index in [4.69, 9.17) is 9.47 Å². The van der Waals surface area contributed by atoms with Gasteiger partial charge in [0.15, 0.2) is 11.5 Å². The third-order valence-corrected chi connectivity index (χ3v) is 3.59. The molecule has 0 radical (unpaired) electrons. The SMILES string of the molecule is COC(=O)CN1CC[C@@H](Oc2ccc(F)cc2OC)[C@H](O)C1. The lowest BCUT2D eigenvalue weighted by molar-refractivity contribution is -0.143. The molecule has 2 rings (SSSR count). The Morgan fingerprint density at radius 1 is 1.41 bits per heavy atom. The Morgan fingerprint density at radius 2 is 2.18 bits per heavy atom. The number of methoxy groups -OCH3 is 2. The average molecular weight is 313 g/mol. The molecule has 7 heteroatoms. The monoisotopic (exact) mass is 313 g/mol. The zero-order valence-electron chi connectivity index (χ0n) is 12.6. The van der Waals surface area contributed by atoms with Gasteiger partial charge in [0.1, 0.15) is 18.0 Å². The first kappa shape index (κ1) is 16.5. The molecule has 0 bridgehead atoms. The fourth-order valence-corrected chi connectivity index (χ4v) is 2.41. The van der Waals surface area contributed by atoms with Crippen LogP contribution in [0.5, 0.6) is 11.5 Å². The van der Waals surface area contributed by atoms with Gasteiger partial charge in [0.2, 0.25) is 0 Å². The molecule has 22 heavy (non-hydrogen) atoms. The number of likely N-dealkylation sites (tertiary alicyclic amines) is 1. The van der Waals surface area contributed by atoms with Gasteiger partial charge in [-0.3, -0.25) is 9.69 Å². The highest BCUT2D eigenvalue weighted by atomic mass is 19.1. The Bertz CT molecular complexity index is 525. The van der Waals surface area contributed by atoms with Gasteiger partial charge in [-0.25, -0.2) is 4.39 Å². The van der Waals surface area contributed by atoms with Crippen molar-refractivity contribution in [3.63, 3.8) is 0 Å². The van der Waals surface area contributed by atoms with Crippen LogP contribution in [0.3, 0.4) is 0 Å². The number of esters is 1. The molecule has 1 aromatic rings. The van der Waals surface area contributed by atoms with E-state index in [0.717, 1.165) is 0 Å². The molecule has 0 spiro atoms. The standard InChI is InChI=1S/C15H20FNO5/c1-20-14-7-10(16)3-4-13(14)22-12-5-6-17(8-11(12)18)9-15(19)21-2/h3-4,7,11-12,18H,5-6,8-9H2,1-2H3/t11-,12-/m1/s1. The van der Waals surface area contributed by atoms with Gasteiger partial charge in [-0.05, 0) is 18.6 Å². The maximum Gasteiger partial charge on any atom is 0.319 e.